The lowest BCUT2D eigenvalue weighted by molar-refractivity contribution is -0.220. The Morgan fingerprint density at radius 2 is 2.33 bits per heavy atom. The minimum Gasteiger partial charge on any atom is -0.350 e. The molecule has 1 atom stereocenters. The van der Waals surface area contributed by atoms with Crippen LogP contribution >= 0.6 is 0 Å². The van der Waals surface area contributed by atoms with Crippen molar-refractivity contribution < 1.29 is 14.6 Å². The molecular weight excluding hydrogens is 161 g/mol. The van der Waals surface area contributed by atoms with Gasteiger partial charge in [-0.25, -0.2) is 9.29 Å². The second-order valence-electron chi connectivity index (χ2n) is 3.46. The summed E-state index contributed by atoms with van der Waals surface area (Å²) >= 11 is 0. The lowest BCUT2D eigenvalue weighted by atomic mass is 10.1. The maximum Gasteiger partial charge on any atom is 0.251 e. The largest absolute Gasteiger partial charge is 0.350 e. The van der Waals surface area contributed by atoms with Gasteiger partial charge in [-0.2, -0.15) is 0 Å². The molecule has 68 valence electrons. The summed E-state index contributed by atoms with van der Waals surface area (Å²) in [4.78, 5) is 1.55. The van der Waals surface area contributed by atoms with Gasteiger partial charge in [0, 0.05) is 18.2 Å². The molecular formula is C8H12FNO2. The van der Waals surface area contributed by atoms with E-state index in [2.05, 4.69) is 0 Å². The Balaban J connectivity index is 2.28. The molecule has 2 N–H and O–H groups in total. The molecule has 2 rings (SSSR count). The van der Waals surface area contributed by atoms with E-state index in [0.717, 1.165) is 12.8 Å². The van der Waals surface area contributed by atoms with E-state index in [1.54, 1.807) is 4.90 Å². The zero-order chi connectivity index (χ0) is 8.77. The average Bonchev–Trinajstić information content (AvgIpc) is 2.53. The van der Waals surface area contributed by atoms with Crippen LogP contribution in [0.3, 0.4) is 0 Å². The van der Waals surface area contributed by atoms with Crippen LogP contribution in [-0.4, -0.2) is 33.6 Å². The van der Waals surface area contributed by atoms with Gasteiger partial charge >= 0.3 is 0 Å². The van der Waals surface area contributed by atoms with Crippen LogP contribution in [0.4, 0.5) is 4.39 Å². The highest BCUT2D eigenvalue weighted by molar-refractivity contribution is 5.18. The molecule has 3 nitrogen and oxygen atoms in total. The molecule has 2 heterocycles. The monoisotopic (exact) mass is 173 g/mol. The summed E-state index contributed by atoms with van der Waals surface area (Å²) in [5.41, 5.74) is 0.0900. The van der Waals surface area contributed by atoms with Crippen molar-refractivity contribution in [1.82, 2.24) is 4.90 Å². The summed E-state index contributed by atoms with van der Waals surface area (Å²) in [6, 6.07) is 0.127. The third-order valence-corrected chi connectivity index (χ3v) is 2.80. The quantitative estimate of drug-likeness (QED) is 0.519. The van der Waals surface area contributed by atoms with E-state index in [4.69, 9.17) is 0 Å². The maximum atomic E-state index is 12.2. The fourth-order valence-electron chi connectivity index (χ4n) is 2.15. The Hall–Kier alpha value is -0.450. The molecule has 0 aromatic carbocycles. The van der Waals surface area contributed by atoms with Gasteiger partial charge in [-0.05, 0) is 19.3 Å². The van der Waals surface area contributed by atoms with Crippen molar-refractivity contribution in [3.05, 3.63) is 11.9 Å². The number of aliphatic hydroxyl groups is 2. The number of rotatable bonds is 0. The normalized spacial score (nSPS) is 37.6. The van der Waals surface area contributed by atoms with Gasteiger partial charge in [0.2, 0.25) is 0 Å². The van der Waals surface area contributed by atoms with Crippen LogP contribution in [-0.2, 0) is 0 Å². The van der Waals surface area contributed by atoms with Crippen LogP contribution in [0.5, 0.6) is 0 Å². The first-order valence-electron chi connectivity index (χ1n) is 4.17. The summed E-state index contributed by atoms with van der Waals surface area (Å²) in [5.74, 6) is -2.02. The van der Waals surface area contributed by atoms with Crippen LogP contribution in [0.2, 0.25) is 0 Å². The lowest BCUT2D eigenvalue weighted by Crippen LogP contribution is -2.45. The highest BCUT2D eigenvalue weighted by atomic mass is 19.1. The summed E-state index contributed by atoms with van der Waals surface area (Å²) in [5, 5.41) is 19.0. The molecule has 2 fully saturated rings. The predicted octanol–water partition coefficient (Wildman–Crippen LogP) is 0.346. The van der Waals surface area contributed by atoms with E-state index in [9.17, 15) is 14.6 Å². The van der Waals surface area contributed by atoms with Crippen LogP contribution in [0, 0.1) is 0 Å². The molecule has 0 saturated carbocycles. The smallest absolute Gasteiger partial charge is 0.251 e. The SMILES string of the molecule is OC1(O)/C(=C\F)CC2CCCN21. The Labute approximate surface area is 70.1 Å². The van der Waals surface area contributed by atoms with Crippen molar-refractivity contribution in [2.75, 3.05) is 6.54 Å². The zero-order valence-electron chi connectivity index (χ0n) is 6.70. The number of fused-ring (bicyclic) bond motifs is 1. The van der Waals surface area contributed by atoms with Crippen molar-refractivity contribution in [1.29, 1.82) is 0 Å². The highest BCUT2D eigenvalue weighted by Gasteiger charge is 2.49. The molecule has 12 heavy (non-hydrogen) atoms. The Morgan fingerprint density at radius 3 is 2.92 bits per heavy atom. The van der Waals surface area contributed by atoms with Crippen molar-refractivity contribution in [2.45, 2.75) is 31.2 Å². The molecule has 4 heteroatoms. The maximum absolute atomic E-state index is 12.2. The first kappa shape index (κ1) is 8.16. The van der Waals surface area contributed by atoms with E-state index in [-0.39, 0.29) is 11.6 Å². The molecule has 0 spiro atoms. The molecule has 0 aliphatic carbocycles. The lowest BCUT2D eigenvalue weighted by Gasteiger charge is -2.27. The fraction of sp³-hybridized carbons (Fsp3) is 0.750. The average molecular weight is 173 g/mol. The van der Waals surface area contributed by atoms with E-state index < -0.39 is 5.91 Å². The molecule has 2 saturated heterocycles. The fourth-order valence-corrected chi connectivity index (χ4v) is 2.15. The van der Waals surface area contributed by atoms with Crippen LogP contribution in [0.1, 0.15) is 19.3 Å². The first-order chi connectivity index (χ1) is 5.66. The Bertz CT molecular complexity index is 227. The molecule has 0 amide bonds. The number of hydrogen-bond acceptors (Lipinski definition) is 3. The van der Waals surface area contributed by atoms with Crippen molar-refractivity contribution in [3.8, 4) is 0 Å². The van der Waals surface area contributed by atoms with Crippen molar-refractivity contribution >= 4 is 0 Å². The molecule has 2 aliphatic heterocycles. The van der Waals surface area contributed by atoms with E-state index in [1.165, 1.54) is 0 Å². The summed E-state index contributed by atoms with van der Waals surface area (Å²) in [6.07, 6.45) is 2.66. The summed E-state index contributed by atoms with van der Waals surface area (Å²) < 4.78 is 12.2. The Morgan fingerprint density at radius 1 is 1.58 bits per heavy atom. The van der Waals surface area contributed by atoms with Gasteiger partial charge < -0.3 is 10.2 Å². The third kappa shape index (κ3) is 0.920. The molecule has 0 bridgehead atoms. The van der Waals surface area contributed by atoms with Gasteiger partial charge in [-0.1, -0.05) is 0 Å². The van der Waals surface area contributed by atoms with Crippen LogP contribution in [0.25, 0.3) is 0 Å². The number of nitrogens with zero attached hydrogens (tertiary/aromatic N) is 1. The topological polar surface area (TPSA) is 43.7 Å². The minimum atomic E-state index is -2.02. The Kier molecular flexibility index (Phi) is 1.71. The second kappa shape index (κ2) is 2.52. The molecule has 0 aromatic rings. The van der Waals surface area contributed by atoms with Gasteiger partial charge in [-0.15, -0.1) is 0 Å². The zero-order valence-corrected chi connectivity index (χ0v) is 6.70. The van der Waals surface area contributed by atoms with Gasteiger partial charge in [0.15, 0.2) is 0 Å². The molecule has 0 aromatic heterocycles. The molecule has 2 aliphatic rings. The summed E-state index contributed by atoms with van der Waals surface area (Å²) in [6.45, 7) is 0.648. The highest BCUT2D eigenvalue weighted by Crippen LogP contribution is 2.40. The van der Waals surface area contributed by atoms with Crippen molar-refractivity contribution in [3.63, 3.8) is 0 Å². The number of halogens is 1. The number of hydrogen-bond donors (Lipinski definition) is 2. The van der Waals surface area contributed by atoms with Gasteiger partial charge in [-0.3, -0.25) is 0 Å². The first-order valence-corrected chi connectivity index (χ1v) is 4.17. The van der Waals surface area contributed by atoms with Crippen molar-refractivity contribution in [2.24, 2.45) is 0 Å². The summed E-state index contributed by atoms with van der Waals surface area (Å²) in [7, 11) is 0. The van der Waals surface area contributed by atoms with Gasteiger partial charge in [0.25, 0.3) is 5.91 Å². The second-order valence-corrected chi connectivity index (χ2v) is 3.46. The van der Waals surface area contributed by atoms with Crippen LogP contribution < -0.4 is 0 Å². The van der Waals surface area contributed by atoms with Crippen LogP contribution in [0.15, 0.2) is 11.9 Å². The van der Waals surface area contributed by atoms with E-state index in [1.807, 2.05) is 0 Å². The standard InChI is InChI=1S/C8H12FNO2/c9-5-6-4-7-2-1-3-10(7)8(6,11)12/h5,7,11-12H,1-4H2/b6-5-. The van der Waals surface area contributed by atoms with E-state index in [0.29, 0.717) is 19.3 Å². The van der Waals surface area contributed by atoms with E-state index >= 15 is 0 Å². The molecule has 1 unspecified atom stereocenters. The minimum absolute atomic E-state index is 0.0900. The predicted molar refractivity (Wildman–Crippen MR) is 40.7 cm³/mol. The van der Waals surface area contributed by atoms with Gasteiger partial charge in [0.1, 0.15) is 0 Å². The van der Waals surface area contributed by atoms with Gasteiger partial charge in [0.05, 0.1) is 6.33 Å². The molecule has 0 radical (unpaired) electrons. The third-order valence-electron chi connectivity index (χ3n) is 2.80.